The van der Waals surface area contributed by atoms with Gasteiger partial charge in [-0.25, -0.2) is 0 Å². The molecule has 1 amide bonds. The Bertz CT molecular complexity index is 240. The van der Waals surface area contributed by atoms with Gasteiger partial charge in [0, 0.05) is 12.1 Å². The summed E-state index contributed by atoms with van der Waals surface area (Å²) in [6.07, 6.45) is 6.10. The first-order valence-corrected chi connectivity index (χ1v) is 6.66. The molecular weight excluding hydrogens is 200 g/mol. The van der Waals surface area contributed by atoms with E-state index in [1.807, 2.05) is 0 Å². The maximum atomic E-state index is 11.7. The standard InChI is InChI=1S/C13H24N2O/c1-9-5-10(2)7-12(6-9)15-13(16)8-14-11-3-4-11/h9-12,14H,3-8H2,1-2H3,(H,15,16). The van der Waals surface area contributed by atoms with E-state index in [1.165, 1.54) is 19.3 Å². The van der Waals surface area contributed by atoms with Gasteiger partial charge in [-0.05, 0) is 43.9 Å². The van der Waals surface area contributed by atoms with E-state index in [4.69, 9.17) is 0 Å². The Balaban J connectivity index is 1.68. The predicted octanol–water partition coefficient (Wildman–Crippen LogP) is 1.68. The highest BCUT2D eigenvalue weighted by Crippen LogP contribution is 2.28. The van der Waals surface area contributed by atoms with E-state index in [0.29, 0.717) is 18.6 Å². The second-order valence-corrected chi connectivity index (χ2v) is 5.84. The molecular formula is C13H24N2O. The zero-order chi connectivity index (χ0) is 11.5. The summed E-state index contributed by atoms with van der Waals surface area (Å²) in [6.45, 7) is 5.08. The van der Waals surface area contributed by atoms with Crippen LogP contribution in [0.2, 0.25) is 0 Å². The van der Waals surface area contributed by atoms with Crippen molar-refractivity contribution in [3.8, 4) is 0 Å². The van der Waals surface area contributed by atoms with E-state index < -0.39 is 0 Å². The van der Waals surface area contributed by atoms with Gasteiger partial charge in [0.1, 0.15) is 0 Å². The highest BCUT2D eigenvalue weighted by molar-refractivity contribution is 5.78. The van der Waals surface area contributed by atoms with Crippen molar-refractivity contribution in [2.75, 3.05) is 6.54 Å². The van der Waals surface area contributed by atoms with Gasteiger partial charge >= 0.3 is 0 Å². The molecule has 0 aromatic heterocycles. The second-order valence-electron chi connectivity index (χ2n) is 5.84. The van der Waals surface area contributed by atoms with Crippen LogP contribution in [0.15, 0.2) is 0 Å². The van der Waals surface area contributed by atoms with E-state index in [-0.39, 0.29) is 5.91 Å². The Hall–Kier alpha value is -0.570. The minimum atomic E-state index is 0.179. The van der Waals surface area contributed by atoms with Crippen LogP contribution >= 0.6 is 0 Å². The minimum absolute atomic E-state index is 0.179. The molecule has 0 radical (unpaired) electrons. The van der Waals surface area contributed by atoms with Gasteiger partial charge < -0.3 is 10.6 Å². The first-order valence-electron chi connectivity index (χ1n) is 6.66. The topological polar surface area (TPSA) is 41.1 Å². The lowest BCUT2D eigenvalue weighted by atomic mass is 9.80. The monoisotopic (exact) mass is 224 g/mol. The number of hydrogen-bond donors (Lipinski definition) is 2. The average molecular weight is 224 g/mol. The molecule has 0 aromatic carbocycles. The number of nitrogens with one attached hydrogen (secondary N) is 2. The molecule has 2 rings (SSSR count). The van der Waals surface area contributed by atoms with Crippen molar-refractivity contribution in [1.29, 1.82) is 0 Å². The van der Waals surface area contributed by atoms with Crippen molar-refractivity contribution in [3.63, 3.8) is 0 Å². The molecule has 92 valence electrons. The van der Waals surface area contributed by atoms with Crippen LogP contribution in [-0.4, -0.2) is 24.5 Å². The van der Waals surface area contributed by atoms with Crippen LogP contribution in [0.1, 0.15) is 46.0 Å². The number of hydrogen-bond acceptors (Lipinski definition) is 2. The molecule has 0 saturated heterocycles. The van der Waals surface area contributed by atoms with Crippen molar-refractivity contribution in [2.45, 2.75) is 58.0 Å². The maximum Gasteiger partial charge on any atom is 0.234 e. The zero-order valence-electron chi connectivity index (χ0n) is 10.5. The van der Waals surface area contributed by atoms with Gasteiger partial charge in [0.25, 0.3) is 0 Å². The van der Waals surface area contributed by atoms with Gasteiger partial charge in [-0.1, -0.05) is 13.8 Å². The number of carbonyl (C=O) groups excluding carboxylic acids is 1. The molecule has 3 nitrogen and oxygen atoms in total. The SMILES string of the molecule is CC1CC(C)CC(NC(=O)CNC2CC2)C1. The molecule has 16 heavy (non-hydrogen) atoms. The van der Waals surface area contributed by atoms with Gasteiger partial charge in [-0.15, -0.1) is 0 Å². The first-order chi connectivity index (χ1) is 7.63. The van der Waals surface area contributed by atoms with Gasteiger partial charge in [0.05, 0.1) is 6.54 Å². The molecule has 2 N–H and O–H groups in total. The van der Waals surface area contributed by atoms with Crippen LogP contribution in [-0.2, 0) is 4.79 Å². The van der Waals surface area contributed by atoms with Crippen LogP contribution in [0.3, 0.4) is 0 Å². The summed E-state index contributed by atoms with van der Waals surface area (Å²) < 4.78 is 0. The van der Waals surface area contributed by atoms with Crippen molar-refractivity contribution < 1.29 is 4.79 Å². The van der Waals surface area contributed by atoms with Crippen LogP contribution in [0.4, 0.5) is 0 Å². The molecule has 0 bridgehead atoms. The van der Waals surface area contributed by atoms with Crippen LogP contribution < -0.4 is 10.6 Å². The van der Waals surface area contributed by atoms with E-state index in [1.54, 1.807) is 0 Å². The lowest BCUT2D eigenvalue weighted by Gasteiger charge is -2.32. The summed E-state index contributed by atoms with van der Waals surface area (Å²) >= 11 is 0. The largest absolute Gasteiger partial charge is 0.352 e. The average Bonchev–Trinajstić information content (AvgIpc) is 2.96. The van der Waals surface area contributed by atoms with E-state index >= 15 is 0 Å². The third-order valence-electron chi connectivity index (χ3n) is 3.67. The third-order valence-corrected chi connectivity index (χ3v) is 3.67. The van der Waals surface area contributed by atoms with E-state index in [2.05, 4.69) is 24.5 Å². The number of rotatable bonds is 4. The molecule has 0 heterocycles. The molecule has 0 aromatic rings. The molecule has 2 unspecified atom stereocenters. The Morgan fingerprint density at radius 1 is 1.06 bits per heavy atom. The fourth-order valence-electron chi connectivity index (χ4n) is 2.87. The second kappa shape index (κ2) is 5.17. The van der Waals surface area contributed by atoms with Crippen LogP contribution in [0.5, 0.6) is 0 Å². The summed E-state index contributed by atoms with van der Waals surface area (Å²) in [5, 5.41) is 6.42. The van der Waals surface area contributed by atoms with Crippen molar-refractivity contribution in [1.82, 2.24) is 10.6 Å². The molecule has 0 spiro atoms. The fourth-order valence-corrected chi connectivity index (χ4v) is 2.87. The predicted molar refractivity (Wildman–Crippen MR) is 65.1 cm³/mol. The van der Waals surface area contributed by atoms with Gasteiger partial charge in [0.2, 0.25) is 5.91 Å². The Kier molecular flexibility index (Phi) is 3.85. The molecule has 0 aliphatic heterocycles. The minimum Gasteiger partial charge on any atom is -0.352 e. The third kappa shape index (κ3) is 3.78. The summed E-state index contributed by atoms with van der Waals surface area (Å²) in [7, 11) is 0. The summed E-state index contributed by atoms with van der Waals surface area (Å²) in [6, 6.07) is 1.03. The molecule has 2 fully saturated rings. The van der Waals surface area contributed by atoms with E-state index in [0.717, 1.165) is 24.7 Å². The highest BCUT2D eigenvalue weighted by Gasteiger charge is 2.26. The fraction of sp³-hybridized carbons (Fsp3) is 0.923. The molecule has 2 saturated carbocycles. The molecule has 2 aliphatic carbocycles. The quantitative estimate of drug-likeness (QED) is 0.763. The highest BCUT2D eigenvalue weighted by atomic mass is 16.2. The van der Waals surface area contributed by atoms with Crippen molar-refractivity contribution >= 4 is 5.91 Å². The van der Waals surface area contributed by atoms with Crippen molar-refractivity contribution in [2.24, 2.45) is 11.8 Å². The molecule has 2 aliphatic rings. The smallest absolute Gasteiger partial charge is 0.234 e. The van der Waals surface area contributed by atoms with E-state index in [9.17, 15) is 4.79 Å². The lowest BCUT2D eigenvalue weighted by Crippen LogP contribution is -2.44. The van der Waals surface area contributed by atoms with Crippen LogP contribution in [0, 0.1) is 11.8 Å². The normalized spacial score (nSPS) is 34.8. The van der Waals surface area contributed by atoms with Gasteiger partial charge in [0.15, 0.2) is 0 Å². The first kappa shape index (κ1) is 11.9. The molecule has 3 heteroatoms. The number of carbonyl (C=O) groups is 1. The van der Waals surface area contributed by atoms with Gasteiger partial charge in [-0.2, -0.15) is 0 Å². The van der Waals surface area contributed by atoms with Gasteiger partial charge in [-0.3, -0.25) is 4.79 Å². The summed E-state index contributed by atoms with van der Waals surface area (Å²) in [4.78, 5) is 11.7. The number of amides is 1. The molecule has 2 atom stereocenters. The van der Waals surface area contributed by atoms with Crippen LogP contribution in [0.25, 0.3) is 0 Å². The Labute approximate surface area is 98.4 Å². The lowest BCUT2D eigenvalue weighted by molar-refractivity contribution is -0.121. The Morgan fingerprint density at radius 2 is 1.69 bits per heavy atom. The maximum absolute atomic E-state index is 11.7. The summed E-state index contributed by atoms with van der Waals surface area (Å²) in [5.74, 6) is 1.69. The Morgan fingerprint density at radius 3 is 2.25 bits per heavy atom. The van der Waals surface area contributed by atoms with Crippen molar-refractivity contribution in [3.05, 3.63) is 0 Å². The summed E-state index contributed by atoms with van der Waals surface area (Å²) in [5.41, 5.74) is 0. The zero-order valence-corrected chi connectivity index (χ0v) is 10.5.